The molecule has 0 aliphatic carbocycles. The first kappa shape index (κ1) is 13.5. The van der Waals surface area contributed by atoms with Gasteiger partial charge >= 0.3 is 0 Å². The van der Waals surface area contributed by atoms with E-state index >= 15 is 0 Å². The zero-order chi connectivity index (χ0) is 13.1. The van der Waals surface area contributed by atoms with E-state index in [9.17, 15) is 9.18 Å². The van der Waals surface area contributed by atoms with Gasteiger partial charge in [0, 0.05) is 11.6 Å². The van der Waals surface area contributed by atoms with Crippen molar-refractivity contribution in [2.75, 3.05) is 0 Å². The second kappa shape index (κ2) is 5.17. The van der Waals surface area contributed by atoms with E-state index < -0.39 is 11.7 Å². The lowest BCUT2D eigenvalue weighted by Crippen LogP contribution is -2.45. The summed E-state index contributed by atoms with van der Waals surface area (Å²) in [6.07, 6.45) is 1.55. The molecule has 0 saturated heterocycles. The molecule has 0 aliphatic heterocycles. The molecule has 0 saturated carbocycles. The van der Waals surface area contributed by atoms with Crippen LogP contribution in [0.4, 0.5) is 4.39 Å². The number of phenolic OH excluding ortho intramolecular Hbond substituents is 1. The summed E-state index contributed by atoms with van der Waals surface area (Å²) in [6.45, 7) is 5.86. The number of halogens is 1. The molecule has 2 N–H and O–H groups in total. The van der Waals surface area contributed by atoms with Crippen molar-refractivity contribution in [1.82, 2.24) is 5.32 Å². The lowest BCUT2D eigenvalue weighted by atomic mass is 9.95. The molecule has 0 heterocycles. The summed E-state index contributed by atoms with van der Waals surface area (Å²) < 4.78 is 13.5. The van der Waals surface area contributed by atoms with Gasteiger partial charge in [0.05, 0.1) is 5.56 Å². The molecule has 1 rings (SSSR count). The molecule has 4 heteroatoms. The Morgan fingerprint density at radius 1 is 1.41 bits per heavy atom. The van der Waals surface area contributed by atoms with Crippen LogP contribution >= 0.6 is 0 Å². The average Bonchev–Trinajstić information content (AvgIpc) is 2.28. The van der Waals surface area contributed by atoms with Crippen molar-refractivity contribution in [2.24, 2.45) is 0 Å². The topological polar surface area (TPSA) is 49.3 Å². The van der Waals surface area contributed by atoms with Gasteiger partial charge in [-0.3, -0.25) is 4.79 Å². The highest BCUT2D eigenvalue weighted by Crippen LogP contribution is 2.18. The zero-order valence-corrected chi connectivity index (χ0v) is 10.4. The number of carbonyl (C=O) groups is 1. The van der Waals surface area contributed by atoms with E-state index in [2.05, 4.69) is 5.32 Å². The van der Waals surface area contributed by atoms with Gasteiger partial charge in [-0.15, -0.1) is 0 Å². The average molecular weight is 239 g/mol. The van der Waals surface area contributed by atoms with Crippen molar-refractivity contribution in [3.05, 3.63) is 29.6 Å². The van der Waals surface area contributed by atoms with Crippen molar-refractivity contribution >= 4 is 5.91 Å². The molecule has 94 valence electrons. The lowest BCUT2D eigenvalue weighted by Gasteiger charge is -2.28. The molecule has 0 spiro atoms. The van der Waals surface area contributed by atoms with Gasteiger partial charge in [0.15, 0.2) is 0 Å². The summed E-state index contributed by atoms with van der Waals surface area (Å²) in [5.74, 6) is -1.35. The molecule has 1 amide bonds. The predicted molar refractivity (Wildman–Crippen MR) is 64.5 cm³/mol. The zero-order valence-electron chi connectivity index (χ0n) is 10.4. The third-order valence-electron chi connectivity index (χ3n) is 3.17. The summed E-state index contributed by atoms with van der Waals surface area (Å²) in [5, 5.41) is 11.9. The fourth-order valence-corrected chi connectivity index (χ4v) is 1.46. The SMILES string of the molecule is CCC(C)(CC)NC(=O)c1ccc(O)cc1F. The third kappa shape index (κ3) is 3.19. The van der Waals surface area contributed by atoms with Crippen LogP contribution in [0.15, 0.2) is 18.2 Å². The van der Waals surface area contributed by atoms with Crippen molar-refractivity contribution in [3.63, 3.8) is 0 Å². The fourth-order valence-electron chi connectivity index (χ4n) is 1.46. The highest BCUT2D eigenvalue weighted by atomic mass is 19.1. The Balaban J connectivity index is 2.90. The van der Waals surface area contributed by atoms with Gasteiger partial charge in [0.1, 0.15) is 11.6 Å². The molecule has 1 aromatic rings. The summed E-state index contributed by atoms with van der Waals surface area (Å²) in [7, 11) is 0. The van der Waals surface area contributed by atoms with Gasteiger partial charge in [-0.2, -0.15) is 0 Å². The van der Waals surface area contributed by atoms with Crippen LogP contribution in [0.2, 0.25) is 0 Å². The molecule has 3 nitrogen and oxygen atoms in total. The van der Waals surface area contributed by atoms with Crippen molar-refractivity contribution in [2.45, 2.75) is 39.2 Å². The second-order valence-electron chi connectivity index (χ2n) is 4.39. The predicted octanol–water partition coefficient (Wildman–Crippen LogP) is 2.84. The van der Waals surface area contributed by atoms with E-state index in [1.165, 1.54) is 12.1 Å². The van der Waals surface area contributed by atoms with Crippen molar-refractivity contribution in [1.29, 1.82) is 0 Å². The Labute approximate surface area is 101 Å². The van der Waals surface area contributed by atoms with Crippen LogP contribution < -0.4 is 5.32 Å². The van der Waals surface area contributed by atoms with E-state index in [0.29, 0.717) is 0 Å². The van der Waals surface area contributed by atoms with Crippen LogP contribution in [0.25, 0.3) is 0 Å². The third-order valence-corrected chi connectivity index (χ3v) is 3.17. The van der Waals surface area contributed by atoms with Gasteiger partial charge in [-0.05, 0) is 31.9 Å². The Bertz CT molecular complexity index is 414. The molecule has 0 radical (unpaired) electrons. The fraction of sp³-hybridized carbons (Fsp3) is 0.462. The summed E-state index contributed by atoms with van der Waals surface area (Å²) in [6, 6.07) is 3.52. The Kier molecular flexibility index (Phi) is 4.10. The molecule has 0 fully saturated rings. The maximum absolute atomic E-state index is 13.5. The minimum atomic E-state index is -0.711. The smallest absolute Gasteiger partial charge is 0.254 e. The van der Waals surface area contributed by atoms with E-state index in [0.717, 1.165) is 18.9 Å². The Morgan fingerprint density at radius 3 is 2.47 bits per heavy atom. The van der Waals surface area contributed by atoms with Crippen LogP contribution in [-0.2, 0) is 0 Å². The van der Waals surface area contributed by atoms with Gasteiger partial charge in [-0.1, -0.05) is 13.8 Å². The maximum Gasteiger partial charge on any atom is 0.254 e. The molecule has 0 atom stereocenters. The van der Waals surface area contributed by atoms with E-state index in [4.69, 9.17) is 5.11 Å². The highest BCUT2D eigenvalue weighted by Gasteiger charge is 2.23. The monoisotopic (exact) mass is 239 g/mol. The van der Waals surface area contributed by atoms with Crippen LogP contribution in [0.1, 0.15) is 44.0 Å². The Hall–Kier alpha value is -1.58. The molecule has 0 aromatic heterocycles. The first-order valence-electron chi connectivity index (χ1n) is 5.73. The van der Waals surface area contributed by atoms with Crippen LogP contribution in [0.5, 0.6) is 5.75 Å². The van der Waals surface area contributed by atoms with Crippen LogP contribution in [-0.4, -0.2) is 16.6 Å². The molecular weight excluding hydrogens is 221 g/mol. The number of hydrogen-bond donors (Lipinski definition) is 2. The lowest BCUT2D eigenvalue weighted by molar-refractivity contribution is 0.0897. The first-order valence-corrected chi connectivity index (χ1v) is 5.73. The standard InChI is InChI=1S/C13H18FNO2/c1-4-13(3,5-2)15-12(17)10-7-6-9(16)8-11(10)14/h6-8,16H,4-5H2,1-3H3,(H,15,17). The molecular formula is C13H18FNO2. The van der Waals surface area contributed by atoms with Gasteiger partial charge < -0.3 is 10.4 Å². The van der Waals surface area contributed by atoms with E-state index in [1.807, 2.05) is 20.8 Å². The quantitative estimate of drug-likeness (QED) is 0.848. The summed E-state index contributed by atoms with van der Waals surface area (Å²) in [5.41, 5.74) is -0.377. The minimum Gasteiger partial charge on any atom is -0.508 e. The molecule has 17 heavy (non-hydrogen) atoms. The second-order valence-corrected chi connectivity index (χ2v) is 4.39. The number of amides is 1. The number of aromatic hydroxyl groups is 1. The summed E-state index contributed by atoms with van der Waals surface area (Å²) in [4.78, 5) is 11.9. The maximum atomic E-state index is 13.5. The molecule has 0 aliphatic rings. The number of rotatable bonds is 4. The van der Waals surface area contributed by atoms with E-state index in [-0.39, 0.29) is 16.9 Å². The van der Waals surface area contributed by atoms with Crippen molar-refractivity contribution < 1.29 is 14.3 Å². The number of hydrogen-bond acceptors (Lipinski definition) is 2. The van der Waals surface area contributed by atoms with Gasteiger partial charge in [-0.25, -0.2) is 4.39 Å². The van der Waals surface area contributed by atoms with E-state index in [1.54, 1.807) is 0 Å². The summed E-state index contributed by atoms with van der Waals surface area (Å²) >= 11 is 0. The number of carbonyl (C=O) groups excluding carboxylic acids is 1. The van der Waals surface area contributed by atoms with Crippen LogP contribution in [0, 0.1) is 5.82 Å². The molecule has 0 bridgehead atoms. The Morgan fingerprint density at radius 2 is 2.00 bits per heavy atom. The first-order chi connectivity index (χ1) is 7.91. The minimum absolute atomic E-state index is 0.0454. The number of phenols is 1. The van der Waals surface area contributed by atoms with Gasteiger partial charge in [0.2, 0.25) is 0 Å². The number of nitrogens with one attached hydrogen (secondary N) is 1. The van der Waals surface area contributed by atoms with Crippen molar-refractivity contribution in [3.8, 4) is 5.75 Å². The molecule has 1 aromatic carbocycles. The largest absolute Gasteiger partial charge is 0.508 e. The number of benzene rings is 1. The van der Waals surface area contributed by atoms with Gasteiger partial charge in [0.25, 0.3) is 5.91 Å². The highest BCUT2D eigenvalue weighted by molar-refractivity contribution is 5.95. The molecule has 0 unspecified atom stereocenters. The van der Waals surface area contributed by atoms with Crippen LogP contribution in [0.3, 0.4) is 0 Å². The normalized spacial score (nSPS) is 11.3.